The molecule has 1 N–H and O–H groups in total. The van der Waals surface area contributed by atoms with Crippen molar-refractivity contribution in [1.82, 2.24) is 4.57 Å². The lowest BCUT2D eigenvalue weighted by Crippen LogP contribution is -2.33. The van der Waals surface area contributed by atoms with E-state index in [4.69, 9.17) is 11.6 Å². The first-order chi connectivity index (χ1) is 14.5. The van der Waals surface area contributed by atoms with E-state index in [2.05, 4.69) is 21.2 Å². The normalized spacial score (nSPS) is 11.4. The summed E-state index contributed by atoms with van der Waals surface area (Å²) in [6, 6.07) is 11.2. The molecule has 1 amide bonds. The van der Waals surface area contributed by atoms with Crippen molar-refractivity contribution in [3.63, 3.8) is 0 Å². The molecule has 31 heavy (non-hydrogen) atoms. The summed E-state index contributed by atoms with van der Waals surface area (Å²) in [4.78, 5) is 25.1. The molecule has 10 heteroatoms. The second-order valence-corrected chi connectivity index (χ2v) is 10.1. The predicted octanol–water partition coefficient (Wildman–Crippen LogP) is 4.49. The Morgan fingerprint density at radius 1 is 1.13 bits per heavy atom. The van der Waals surface area contributed by atoms with Crippen LogP contribution in [-0.4, -0.2) is 18.9 Å². The van der Waals surface area contributed by atoms with Gasteiger partial charge in [0.25, 0.3) is 5.56 Å². The maximum absolute atomic E-state index is 13.9. The van der Waals surface area contributed by atoms with Crippen LogP contribution in [0.3, 0.4) is 0 Å². The highest BCUT2D eigenvalue weighted by Crippen LogP contribution is 2.24. The quantitative estimate of drug-likeness (QED) is 0.530. The maximum atomic E-state index is 13.9. The van der Waals surface area contributed by atoms with Gasteiger partial charge in [-0.25, -0.2) is 12.8 Å². The van der Waals surface area contributed by atoms with Crippen molar-refractivity contribution in [3.8, 4) is 0 Å². The summed E-state index contributed by atoms with van der Waals surface area (Å²) in [6.07, 6.45) is 0. The van der Waals surface area contributed by atoms with Crippen molar-refractivity contribution in [2.24, 2.45) is 0 Å². The Morgan fingerprint density at radius 3 is 2.39 bits per heavy atom. The topological polar surface area (TPSA) is 85.2 Å². The first kappa shape index (κ1) is 23.2. The van der Waals surface area contributed by atoms with Gasteiger partial charge in [-0.1, -0.05) is 27.5 Å². The fourth-order valence-corrected chi connectivity index (χ4v) is 5.06. The number of aromatic nitrogens is 1. The minimum Gasteiger partial charge on any atom is -0.322 e. The molecule has 1 aromatic heterocycles. The van der Waals surface area contributed by atoms with Crippen LogP contribution < -0.4 is 10.9 Å². The third-order valence-corrected chi connectivity index (χ3v) is 7.24. The summed E-state index contributed by atoms with van der Waals surface area (Å²) in [5.74, 6) is -1.42. The zero-order chi connectivity index (χ0) is 22.9. The maximum Gasteiger partial charge on any atom is 0.270 e. The summed E-state index contributed by atoms with van der Waals surface area (Å²) >= 11 is 8.94. The van der Waals surface area contributed by atoms with Gasteiger partial charge in [-0.05, 0) is 67.9 Å². The van der Waals surface area contributed by atoms with Gasteiger partial charge in [-0.3, -0.25) is 9.59 Å². The lowest BCUT2D eigenvalue weighted by molar-refractivity contribution is -0.116. The van der Waals surface area contributed by atoms with Gasteiger partial charge in [0.1, 0.15) is 17.3 Å². The monoisotopic (exact) mass is 526 g/mol. The summed E-state index contributed by atoms with van der Waals surface area (Å²) in [6.45, 7) is 2.62. The number of pyridine rings is 1. The van der Waals surface area contributed by atoms with Gasteiger partial charge in [0, 0.05) is 15.2 Å². The van der Waals surface area contributed by atoms with Crippen molar-refractivity contribution < 1.29 is 17.6 Å². The van der Waals surface area contributed by atoms with E-state index in [-0.39, 0.29) is 21.2 Å². The standard InChI is InChI=1S/C21H17BrClFN2O4S/c1-12-9-13(2)26(11-19(27)25-18-8-5-15(23)10-17(18)24)21(28)20(12)31(29,30)16-6-3-14(22)4-7-16/h3-10H,11H2,1-2H3,(H,25,27). The van der Waals surface area contributed by atoms with Gasteiger partial charge in [0.2, 0.25) is 15.7 Å². The van der Waals surface area contributed by atoms with E-state index in [1.165, 1.54) is 37.3 Å². The van der Waals surface area contributed by atoms with Gasteiger partial charge in [-0.2, -0.15) is 0 Å². The number of halogens is 3. The van der Waals surface area contributed by atoms with Crippen LogP contribution in [0.2, 0.25) is 5.02 Å². The van der Waals surface area contributed by atoms with E-state index in [0.717, 1.165) is 10.6 Å². The fourth-order valence-electron chi connectivity index (χ4n) is 3.09. The summed E-state index contributed by atoms with van der Waals surface area (Å²) < 4.78 is 41.9. The molecular weight excluding hydrogens is 511 g/mol. The number of nitrogens with one attached hydrogen (secondary N) is 1. The SMILES string of the molecule is Cc1cc(C)n(CC(=O)Nc2ccc(Cl)cc2F)c(=O)c1S(=O)(=O)c1ccc(Br)cc1. The Balaban J connectivity index is 2.00. The smallest absolute Gasteiger partial charge is 0.270 e. The number of nitrogens with zero attached hydrogens (tertiary/aromatic N) is 1. The number of aryl methyl sites for hydroxylation is 2. The van der Waals surface area contributed by atoms with Crippen LogP contribution in [0.1, 0.15) is 11.3 Å². The first-order valence-electron chi connectivity index (χ1n) is 8.97. The molecule has 0 spiro atoms. The summed E-state index contributed by atoms with van der Waals surface area (Å²) in [7, 11) is -4.12. The number of benzene rings is 2. The van der Waals surface area contributed by atoms with Crippen LogP contribution in [0.25, 0.3) is 0 Å². The van der Waals surface area contributed by atoms with Crippen molar-refractivity contribution in [2.45, 2.75) is 30.2 Å². The second kappa shape index (κ2) is 8.94. The molecule has 0 saturated heterocycles. The molecule has 0 aliphatic carbocycles. The Hall–Kier alpha value is -2.49. The number of rotatable bonds is 5. The van der Waals surface area contributed by atoms with Crippen LogP contribution in [0.5, 0.6) is 0 Å². The number of amides is 1. The van der Waals surface area contributed by atoms with Crippen LogP contribution >= 0.6 is 27.5 Å². The Kier molecular flexibility index (Phi) is 6.68. The first-order valence-corrected chi connectivity index (χ1v) is 11.6. The Bertz CT molecular complexity index is 1340. The molecular formula is C21H17BrClFN2O4S. The number of carbonyl (C=O) groups excluding carboxylic acids is 1. The molecule has 3 rings (SSSR count). The number of hydrogen-bond acceptors (Lipinski definition) is 4. The minimum atomic E-state index is -4.12. The third kappa shape index (κ3) is 4.89. The van der Waals surface area contributed by atoms with Crippen molar-refractivity contribution in [3.05, 3.63) is 85.5 Å². The van der Waals surface area contributed by atoms with Crippen molar-refractivity contribution in [1.29, 1.82) is 0 Å². The fraction of sp³-hybridized carbons (Fsp3) is 0.143. The molecule has 0 unspecified atom stereocenters. The largest absolute Gasteiger partial charge is 0.322 e. The van der Waals surface area contributed by atoms with E-state index in [9.17, 15) is 22.4 Å². The van der Waals surface area contributed by atoms with Gasteiger partial charge in [0.05, 0.1) is 10.6 Å². The summed E-state index contributed by atoms with van der Waals surface area (Å²) in [5.41, 5.74) is -0.267. The lowest BCUT2D eigenvalue weighted by atomic mass is 10.2. The molecule has 0 aliphatic heterocycles. The van der Waals surface area contributed by atoms with E-state index in [1.54, 1.807) is 19.1 Å². The predicted molar refractivity (Wildman–Crippen MR) is 120 cm³/mol. The molecule has 0 atom stereocenters. The van der Waals surface area contributed by atoms with E-state index >= 15 is 0 Å². The average Bonchev–Trinajstić information content (AvgIpc) is 2.67. The number of hydrogen-bond donors (Lipinski definition) is 1. The van der Waals surface area contributed by atoms with Crippen LogP contribution in [-0.2, 0) is 21.2 Å². The molecule has 0 radical (unpaired) electrons. The van der Waals surface area contributed by atoms with Crippen molar-refractivity contribution in [2.75, 3.05) is 5.32 Å². The van der Waals surface area contributed by atoms with E-state index in [1.807, 2.05) is 0 Å². The van der Waals surface area contributed by atoms with Gasteiger partial charge in [0.15, 0.2) is 0 Å². The molecule has 0 bridgehead atoms. The van der Waals surface area contributed by atoms with Gasteiger partial charge < -0.3 is 9.88 Å². The van der Waals surface area contributed by atoms with Crippen LogP contribution in [0.15, 0.2) is 67.6 Å². The zero-order valence-corrected chi connectivity index (χ0v) is 19.6. The summed E-state index contributed by atoms with van der Waals surface area (Å²) in [5, 5.41) is 2.53. The van der Waals surface area contributed by atoms with Crippen LogP contribution in [0, 0.1) is 19.7 Å². The molecule has 0 aliphatic rings. The number of anilines is 1. The Morgan fingerprint density at radius 2 is 1.77 bits per heavy atom. The second-order valence-electron chi connectivity index (χ2n) is 6.82. The Labute approximate surface area is 191 Å². The third-order valence-electron chi connectivity index (χ3n) is 4.55. The minimum absolute atomic E-state index is 0.0426. The molecule has 0 fully saturated rings. The van der Waals surface area contributed by atoms with Crippen LogP contribution in [0.4, 0.5) is 10.1 Å². The highest BCUT2D eigenvalue weighted by Gasteiger charge is 2.26. The highest BCUT2D eigenvalue weighted by molar-refractivity contribution is 9.10. The highest BCUT2D eigenvalue weighted by atomic mass is 79.9. The van der Waals surface area contributed by atoms with Gasteiger partial charge in [-0.15, -0.1) is 0 Å². The molecule has 162 valence electrons. The van der Waals surface area contributed by atoms with Gasteiger partial charge >= 0.3 is 0 Å². The van der Waals surface area contributed by atoms with E-state index in [0.29, 0.717) is 10.2 Å². The molecule has 2 aromatic carbocycles. The van der Waals surface area contributed by atoms with Crippen molar-refractivity contribution >= 4 is 49.0 Å². The molecule has 3 aromatic rings. The number of carbonyl (C=O) groups is 1. The lowest BCUT2D eigenvalue weighted by Gasteiger charge is -2.15. The molecule has 6 nitrogen and oxygen atoms in total. The zero-order valence-electron chi connectivity index (χ0n) is 16.4. The molecule has 0 saturated carbocycles. The molecule has 1 heterocycles. The van der Waals surface area contributed by atoms with E-state index < -0.39 is 38.6 Å². The number of sulfone groups is 1. The average molecular weight is 528 g/mol.